The highest BCUT2D eigenvalue weighted by Crippen LogP contribution is 2.03. The second-order valence-electron chi connectivity index (χ2n) is 6.49. The third-order valence-corrected chi connectivity index (χ3v) is 4.34. The maximum Gasteiger partial charge on any atom is 0.330 e. The summed E-state index contributed by atoms with van der Waals surface area (Å²) in [4.78, 5) is 34.8. The van der Waals surface area contributed by atoms with Gasteiger partial charge in [-0.25, -0.2) is 19.2 Å². The summed E-state index contributed by atoms with van der Waals surface area (Å²) in [5.74, 6) is -0.0575. The fourth-order valence-electron chi connectivity index (χ4n) is 2.83. The minimum Gasteiger partial charge on any atom is -0.380 e. The highest BCUT2D eigenvalue weighted by molar-refractivity contribution is 5.66. The summed E-state index contributed by atoms with van der Waals surface area (Å²) < 4.78 is 18.9. The summed E-state index contributed by atoms with van der Waals surface area (Å²) in [6.07, 6.45) is 2.87. The maximum absolute atomic E-state index is 12.3. The van der Waals surface area contributed by atoms with Crippen molar-refractivity contribution in [1.82, 2.24) is 24.8 Å². The van der Waals surface area contributed by atoms with Crippen LogP contribution in [0.15, 0.2) is 46.2 Å². The van der Waals surface area contributed by atoms with Crippen LogP contribution in [-0.4, -0.2) is 45.8 Å². The third kappa shape index (κ3) is 4.87. The Labute approximate surface area is 160 Å². The number of hydrogen-bond acceptors (Lipinski definition) is 6. The predicted molar refractivity (Wildman–Crippen MR) is 103 cm³/mol. The van der Waals surface area contributed by atoms with Crippen molar-refractivity contribution >= 4 is 11.2 Å². The Morgan fingerprint density at radius 2 is 2.04 bits per heavy atom. The summed E-state index contributed by atoms with van der Waals surface area (Å²) in [6, 6.07) is 6.70. The van der Waals surface area contributed by atoms with Gasteiger partial charge in [-0.1, -0.05) is 18.2 Å². The lowest BCUT2D eigenvalue weighted by Gasteiger charge is -2.14. The first-order chi connectivity index (χ1) is 13.6. The minimum absolute atomic E-state index is 0.0745. The number of nitrogens with zero attached hydrogens (tertiary/aromatic N) is 3. The summed E-state index contributed by atoms with van der Waals surface area (Å²) in [5.41, 5.74) is 0.212. The van der Waals surface area contributed by atoms with Gasteiger partial charge in [-0.2, -0.15) is 0 Å². The van der Waals surface area contributed by atoms with E-state index in [1.54, 1.807) is 19.1 Å². The normalized spacial score (nSPS) is 16.9. The Kier molecular flexibility index (Phi) is 6.62. The van der Waals surface area contributed by atoms with E-state index in [0.717, 1.165) is 11.1 Å². The van der Waals surface area contributed by atoms with Gasteiger partial charge < -0.3 is 10.1 Å². The molecule has 0 amide bonds. The molecule has 1 fully saturated rings. The minimum atomic E-state index is -0.466. The van der Waals surface area contributed by atoms with Crippen LogP contribution in [0.4, 0.5) is 4.39 Å². The SMILES string of the molecule is Cc1ccccc1F.O=c1[nH]c2nccnc2c(=O)n1CC1CNCCOC1. The molecule has 8 nitrogen and oxygen atoms in total. The largest absolute Gasteiger partial charge is 0.380 e. The zero-order valence-electron chi connectivity index (χ0n) is 15.5. The van der Waals surface area contributed by atoms with Crippen LogP contribution in [0.5, 0.6) is 0 Å². The standard InChI is InChI=1S/C12H15N5O3.C7H7F/c18-11-9-10(15-2-1-14-9)16-12(19)17(11)6-8-5-13-3-4-20-7-8;1-6-4-2-3-5-7(6)8/h1-2,8,13H,3-7H2,(H,15,16,19);2-5H,1H3. The molecule has 2 N–H and O–H groups in total. The first-order valence-corrected chi connectivity index (χ1v) is 8.99. The van der Waals surface area contributed by atoms with Gasteiger partial charge in [-0.3, -0.25) is 14.3 Å². The molecule has 3 aromatic rings. The van der Waals surface area contributed by atoms with E-state index < -0.39 is 11.2 Å². The van der Waals surface area contributed by atoms with Crippen molar-refractivity contribution in [1.29, 1.82) is 0 Å². The molecule has 2 aromatic heterocycles. The highest BCUT2D eigenvalue weighted by Gasteiger charge is 2.17. The molecule has 0 saturated carbocycles. The Bertz CT molecular complexity index is 1020. The zero-order valence-corrected chi connectivity index (χ0v) is 15.5. The number of ether oxygens (including phenoxy) is 1. The van der Waals surface area contributed by atoms with E-state index in [1.807, 2.05) is 6.07 Å². The molecule has 9 heteroatoms. The molecule has 4 rings (SSSR count). The van der Waals surface area contributed by atoms with Crippen LogP contribution >= 0.6 is 0 Å². The van der Waals surface area contributed by atoms with Crippen LogP contribution in [0.25, 0.3) is 11.2 Å². The lowest BCUT2D eigenvalue weighted by atomic mass is 10.1. The maximum atomic E-state index is 12.3. The number of fused-ring (bicyclic) bond motifs is 1. The lowest BCUT2D eigenvalue weighted by molar-refractivity contribution is 0.117. The van der Waals surface area contributed by atoms with Gasteiger partial charge in [0.15, 0.2) is 11.2 Å². The zero-order chi connectivity index (χ0) is 19.9. The van der Waals surface area contributed by atoms with Gasteiger partial charge >= 0.3 is 5.69 Å². The van der Waals surface area contributed by atoms with E-state index in [2.05, 4.69) is 20.3 Å². The molecular formula is C19H22FN5O3. The van der Waals surface area contributed by atoms with E-state index >= 15 is 0 Å². The Morgan fingerprint density at radius 1 is 1.25 bits per heavy atom. The van der Waals surface area contributed by atoms with Crippen LogP contribution in [0.2, 0.25) is 0 Å². The Morgan fingerprint density at radius 3 is 2.79 bits per heavy atom. The topological polar surface area (TPSA) is 102 Å². The highest BCUT2D eigenvalue weighted by atomic mass is 19.1. The molecule has 1 atom stereocenters. The molecule has 0 spiro atoms. The molecule has 0 radical (unpaired) electrons. The van der Waals surface area contributed by atoms with Crippen molar-refractivity contribution in [2.75, 3.05) is 26.3 Å². The number of aromatic amines is 1. The van der Waals surface area contributed by atoms with Crippen molar-refractivity contribution in [3.63, 3.8) is 0 Å². The Balaban J connectivity index is 0.000000236. The molecule has 1 saturated heterocycles. The van der Waals surface area contributed by atoms with Gasteiger partial charge in [0.05, 0.1) is 13.2 Å². The molecule has 1 aliphatic heterocycles. The van der Waals surface area contributed by atoms with E-state index in [9.17, 15) is 14.0 Å². The predicted octanol–water partition coefficient (Wildman–Crippen LogP) is 0.850. The van der Waals surface area contributed by atoms with Crippen molar-refractivity contribution in [3.8, 4) is 0 Å². The first kappa shape index (κ1) is 19.8. The monoisotopic (exact) mass is 387 g/mol. The average molecular weight is 387 g/mol. The van der Waals surface area contributed by atoms with Crippen molar-refractivity contribution in [2.24, 2.45) is 5.92 Å². The third-order valence-electron chi connectivity index (χ3n) is 4.34. The summed E-state index contributed by atoms with van der Waals surface area (Å²) in [7, 11) is 0. The van der Waals surface area contributed by atoms with E-state index in [4.69, 9.17) is 4.74 Å². The molecule has 0 aliphatic carbocycles. The van der Waals surface area contributed by atoms with Gasteiger partial charge in [-0.05, 0) is 18.6 Å². The van der Waals surface area contributed by atoms with Crippen LogP contribution in [0.3, 0.4) is 0 Å². The van der Waals surface area contributed by atoms with Crippen LogP contribution in [0, 0.1) is 18.7 Å². The number of H-pyrrole nitrogens is 1. The van der Waals surface area contributed by atoms with Gasteiger partial charge in [-0.15, -0.1) is 0 Å². The molecule has 0 bridgehead atoms. The number of aryl methyl sites for hydroxylation is 1. The fraction of sp³-hybridized carbons (Fsp3) is 0.368. The van der Waals surface area contributed by atoms with E-state index in [1.165, 1.54) is 18.5 Å². The number of halogens is 1. The molecule has 1 aliphatic rings. The molecule has 28 heavy (non-hydrogen) atoms. The molecule has 1 unspecified atom stereocenters. The smallest absolute Gasteiger partial charge is 0.330 e. The molecule has 3 heterocycles. The van der Waals surface area contributed by atoms with Gasteiger partial charge in [0, 0.05) is 37.9 Å². The number of hydrogen-bond donors (Lipinski definition) is 2. The first-order valence-electron chi connectivity index (χ1n) is 8.99. The van der Waals surface area contributed by atoms with Gasteiger partial charge in [0.2, 0.25) is 0 Å². The summed E-state index contributed by atoms with van der Waals surface area (Å²) in [6.45, 7) is 4.71. The van der Waals surface area contributed by atoms with E-state index in [-0.39, 0.29) is 22.9 Å². The molecule has 148 valence electrons. The fourth-order valence-corrected chi connectivity index (χ4v) is 2.83. The van der Waals surface area contributed by atoms with Crippen LogP contribution < -0.4 is 16.6 Å². The van der Waals surface area contributed by atoms with Crippen LogP contribution in [0.1, 0.15) is 5.56 Å². The average Bonchev–Trinajstić information content (AvgIpc) is 2.97. The number of rotatable bonds is 2. The number of aromatic nitrogens is 4. The van der Waals surface area contributed by atoms with E-state index in [0.29, 0.717) is 31.9 Å². The summed E-state index contributed by atoms with van der Waals surface area (Å²) >= 11 is 0. The molecule has 1 aromatic carbocycles. The number of benzene rings is 1. The van der Waals surface area contributed by atoms with Crippen molar-refractivity contribution in [3.05, 3.63) is 68.9 Å². The second kappa shape index (κ2) is 9.34. The van der Waals surface area contributed by atoms with Crippen molar-refractivity contribution < 1.29 is 9.13 Å². The molecular weight excluding hydrogens is 365 g/mol. The number of nitrogens with one attached hydrogen (secondary N) is 2. The second-order valence-corrected chi connectivity index (χ2v) is 6.49. The Hall–Kier alpha value is -2.91. The lowest BCUT2D eigenvalue weighted by Crippen LogP contribution is -2.40. The summed E-state index contributed by atoms with van der Waals surface area (Å²) in [5, 5.41) is 3.21. The van der Waals surface area contributed by atoms with Crippen LogP contribution in [-0.2, 0) is 11.3 Å². The quantitative estimate of drug-likeness (QED) is 0.676. The van der Waals surface area contributed by atoms with Gasteiger partial charge in [0.25, 0.3) is 5.56 Å². The van der Waals surface area contributed by atoms with Gasteiger partial charge in [0.1, 0.15) is 5.82 Å². The van der Waals surface area contributed by atoms with Crippen molar-refractivity contribution in [2.45, 2.75) is 13.5 Å².